The molecule has 2 atom stereocenters. The van der Waals surface area contributed by atoms with Crippen molar-refractivity contribution < 1.29 is 19.5 Å². The van der Waals surface area contributed by atoms with Crippen LogP contribution in [0, 0.1) is 11.8 Å². The van der Waals surface area contributed by atoms with Gasteiger partial charge in [0, 0.05) is 5.69 Å². The summed E-state index contributed by atoms with van der Waals surface area (Å²) in [6.07, 6.45) is 2.39. The van der Waals surface area contributed by atoms with Crippen LogP contribution in [-0.4, -0.2) is 27.8 Å². The van der Waals surface area contributed by atoms with E-state index >= 15 is 0 Å². The molecular formula is C15H16N2O4. The van der Waals surface area contributed by atoms with Crippen LogP contribution in [0.15, 0.2) is 18.2 Å². The van der Waals surface area contributed by atoms with Crippen molar-refractivity contribution in [2.75, 3.05) is 5.73 Å². The Bertz CT molecular complexity index is 619. The number of nitrogens with two attached hydrogens (primary N) is 1. The van der Waals surface area contributed by atoms with E-state index < -0.39 is 5.97 Å². The molecule has 3 N–H and O–H groups in total. The number of rotatable bonds is 3. The molecule has 0 bridgehead atoms. The lowest BCUT2D eigenvalue weighted by atomic mass is 10.00. The number of imide groups is 1. The summed E-state index contributed by atoms with van der Waals surface area (Å²) < 4.78 is 0. The number of aromatic carboxylic acids is 1. The summed E-state index contributed by atoms with van der Waals surface area (Å²) in [7, 11) is 0. The molecule has 6 nitrogen and oxygen atoms in total. The number of carboxylic acids is 1. The van der Waals surface area contributed by atoms with Gasteiger partial charge in [0.2, 0.25) is 11.8 Å². The lowest BCUT2D eigenvalue weighted by Gasteiger charge is -2.17. The number of nitrogens with zero attached hydrogens (tertiary/aromatic N) is 1. The highest BCUT2D eigenvalue weighted by Crippen LogP contribution is 2.40. The minimum Gasteiger partial charge on any atom is -0.478 e. The summed E-state index contributed by atoms with van der Waals surface area (Å²) in [6.45, 7) is -0.0165. The number of fused-ring (bicyclic) bond motifs is 1. The van der Waals surface area contributed by atoms with Gasteiger partial charge < -0.3 is 10.8 Å². The van der Waals surface area contributed by atoms with Gasteiger partial charge in [0.1, 0.15) is 0 Å². The van der Waals surface area contributed by atoms with Crippen molar-refractivity contribution in [3.05, 3.63) is 29.3 Å². The van der Waals surface area contributed by atoms with Crippen LogP contribution in [0.25, 0.3) is 0 Å². The largest absolute Gasteiger partial charge is 0.478 e. The van der Waals surface area contributed by atoms with Crippen LogP contribution in [0.2, 0.25) is 0 Å². The standard InChI is InChI=1S/C15H16N2O4/c16-11-6-1-3-8(12(11)15(20)21)7-17-13(18)9-4-2-5-10(9)14(17)19/h1,3,6,9-10H,2,4-5,7,16H2,(H,20,21). The first-order valence-electron chi connectivity index (χ1n) is 6.96. The van der Waals surface area contributed by atoms with Gasteiger partial charge in [-0.15, -0.1) is 0 Å². The van der Waals surface area contributed by atoms with Crippen molar-refractivity contribution in [1.82, 2.24) is 4.90 Å². The maximum absolute atomic E-state index is 12.3. The molecule has 1 heterocycles. The SMILES string of the molecule is Nc1cccc(CN2C(=O)C3CCCC3C2=O)c1C(=O)O. The summed E-state index contributed by atoms with van der Waals surface area (Å²) in [5.41, 5.74) is 6.19. The van der Waals surface area contributed by atoms with Gasteiger partial charge in [-0.2, -0.15) is 0 Å². The highest BCUT2D eigenvalue weighted by Gasteiger charge is 2.49. The van der Waals surface area contributed by atoms with Crippen LogP contribution >= 0.6 is 0 Å². The molecular weight excluding hydrogens is 272 g/mol. The molecule has 6 heteroatoms. The van der Waals surface area contributed by atoms with E-state index in [-0.39, 0.29) is 41.4 Å². The van der Waals surface area contributed by atoms with E-state index in [2.05, 4.69) is 0 Å². The van der Waals surface area contributed by atoms with E-state index in [0.717, 1.165) is 19.3 Å². The Labute approximate surface area is 121 Å². The Morgan fingerprint density at radius 3 is 2.43 bits per heavy atom. The van der Waals surface area contributed by atoms with E-state index in [1.165, 1.54) is 11.0 Å². The summed E-state index contributed by atoms with van der Waals surface area (Å²) in [4.78, 5) is 37.1. The van der Waals surface area contributed by atoms with Gasteiger partial charge >= 0.3 is 5.97 Å². The predicted molar refractivity (Wildman–Crippen MR) is 74.2 cm³/mol. The zero-order chi connectivity index (χ0) is 15.1. The Morgan fingerprint density at radius 2 is 1.86 bits per heavy atom. The van der Waals surface area contributed by atoms with Gasteiger partial charge in [-0.25, -0.2) is 4.79 Å². The average molecular weight is 288 g/mol. The van der Waals surface area contributed by atoms with Crippen molar-refractivity contribution >= 4 is 23.5 Å². The fourth-order valence-electron chi connectivity index (χ4n) is 3.40. The molecule has 21 heavy (non-hydrogen) atoms. The summed E-state index contributed by atoms with van der Waals surface area (Å²) in [6, 6.07) is 4.72. The van der Waals surface area contributed by atoms with Crippen molar-refractivity contribution in [1.29, 1.82) is 0 Å². The Balaban J connectivity index is 1.91. The van der Waals surface area contributed by atoms with Crippen LogP contribution in [0.3, 0.4) is 0 Å². The lowest BCUT2D eigenvalue weighted by molar-refractivity contribution is -0.141. The van der Waals surface area contributed by atoms with Gasteiger partial charge in [-0.1, -0.05) is 18.6 Å². The van der Waals surface area contributed by atoms with E-state index in [0.29, 0.717) is 5.56 Å². The second kappa shape index (κ2) is 4.87. The Kier molecular flexibility index (Phi) is 3.16. The third-order valence-corrected chi connectivity index (χ3v) is 4.41. The van der Waals surface area contributed by atoms with Crippen molar-refractivity contribution in [2.24, 2.45) is 11.8 Å². The van der Waals surface area contributed by atoms with E-state index in [1.807, 2.05) is 0 Å². The zero-order valence-corrected chi connectivity index (χ0v) is 11.4. The highest BCUT2D eigenvalue weighted by atomic mass is 16.4. The van der Waals surface area contributed by atoms with E-state index in [9.17, 15) is 19.5 Å². The monoisotopic (exact) mass is 288 g/mol. The van der Waals surface area contributed by atoms with Gasteiger partial charge in [0.25, 0.3) is 0 Å². The molecule has 0 aromatic heterocycles. The number of likely N-dealkylation sites (tertiary alicyclic amines) is 1. The quantitative estimate of drug-likeness (QED) is 0.644. The fraction of sp³-hybridized carbons (Fsp3) is 0.400. The topological polar surface area (TPSA) is 101 Å². The summed E-state index contributed by atoms with van der Waals surface area (Å²) >= 11 is 0. The maximum Gasteiger partial charge on any atom is 0.338 e. The molecule has 1 aliphatic carbocycles. The van der Waals surface area contributed by atoms with Gasteiger partial charge in [-0.05, 0) is 24.5 Å². The molecule has 110 valence electrons. The molecule has 1 aromatic carbocycles. The third kappa shape index (κ3) is 2.07. The Morgan fingerprint density at radius 1 is 1.24 bits per heavy atom. The predicted octanol–water partition coefficient (Wildman–Crippen LogP) is 1.25. The highest BCUT2D eigenvalue weighted by molar-refractivity contribution is 6.05. The molecule has 3 rings (SSSR count). The van der Waals surface area contributed by atoms with Crippen molar-refractivity contribution in [3.8, 4) is 0 Å². The van der Waals surface area contributed by atoms with Crippen LogP contribution in [0.5, 0.6) is 0 Å². The number of amides is 2. The first kappa shape index (κ1) is 13.6. The first-order chi connectivity index (χ1) is 10.0. The number of carbonyl (C=O) groups is 3. The number of benzene rings is 1. The first-order valence-corrected chi connectivity index (χ1v) is 6.96. The molecule has 2 amide bonds. The smallest absolute Gasteiger partial charge is 0.338 e. The maximum atomic E-state index is 12.3. The van der Waals surface area contributed by atoms with Crippen LogP contribution in [0.4, 0.5) is 5.69 Å². The number of carbonyl (C=O) groups excluding carboxylic acids is 2. The molecule has 2 aliphatic rings. The molecule has 1 aromatic rings. The number of hydrogen-bond donors (Lipinski definition) is 2. The van der Waals surface area contributed by atoms with Crippen molar-refractivity contribution in [3.63, 3.8) is 0 Å². The van der Waals surface area contributed by atoms with Gasteiger partial charge in [0.05, 0.1) is 23.9 Å². The zero-order valence-electron chi connectivity index (χ0n) is 11.4. The van der Waals surface area contributed by atoms with E-state index in [1.54, 1.807) is 12.1 Å². The van der Waals surface area contributed by atoms with E-state index in [4.69, 9.17) is 5.73 Å². The second-order valence-electron chi connectivity index (χ2n) is 5.59. The van der Waals surface area contributed by atoms with Gasteiger partial charge in [0.15, 0.2) is 0 Å². The summed E-state index contributed by atoms with van der Waals surface area (Å²) in [5.74, 6) is -1.94. The van der Waals surface area contributed by atoms with Crippen LogP contribution in [-0.2, 0) is 16.1 Å². The molecule has 2 fully saturated rings. The number of anilines is 1. The molecule has 2 unspecified atom stereocenters. The van der Waals surface area contributed by atoms with Crippen molar-refractivity contribution in [2.45, 2.75) is 25.8 Å². The van der Waals surface area contributed by atoms with Gasteiger partial charge in [-0.3, -0.25) is 14.5 Å². The second-order valence-corrected chi connectivity index (χ2v) is 5.59. The third-order valence-electron chi connectivity index (χ3n) is 4.41. The number of carboxylic acid groups (broad SMARTS) is 1. The Hall–Kier alpha value is -2.37. The molecule has 0 radical (unpaired) electrons. The molecule has 1 aliphatic heterocycles. The molecule has 1 saturated heterocycles. The number of nitrogen functional groups attached to an aromatic ring is 1. The lowest BCUT2D eigenvalue weighted by Crippen LogP contribution is -2.32. The molecule has 0 spiro atoms. The minimum atomic E-state index is -1.15. The number of hydrogen-bond acceptors (Lipinski definition) is 4. The molecule has 1 saturated carbocycles. The normalized spacial score (nSPS) is 24.5. The minimum absolute atomic E-state index is 0.0165. The van der Waals surface area contributed by atoms with Crippen LogP contribution in [0.1, 0.15) is 35.2 Å². The fourth-order valence-corrected chi connectivity index (χ4v) is 3.40. The van der Waals surface area contributed by atoms with Crippen LogP contribution < -0.4 is 5.73 Å². The summed E-state index contributed by atoms with van der Waals surface area (Å²) in [5, 5.41) is 9.25. The average Bonchev–Trinajstić information content (AvgIpc) is 2.98.